The summed E-state index contributed by atoms with van der Waals surface area (Å²) in [5, 5.41) is 0. The van der Waals surface area contributed by atoms with Gasteiger partial charge in [-0.1, -0.05) is 0 Å². The van der Waals surface area contributed by atoms with E-state index in [-0.39, 0.29) is 11.9 Å². The zero-order valence-electron chi connectivity index (χ0n) is 12.8. The van der Waals surface area contributed by atoms with E-state index in [1.54, 1.807) is 10.6 Å². The van der Waals surface area contributed by atoms with Crippen molar-refractivity contribution < 1.29 is 17.6 Å². The summed E-state index contributed by atoms with van der Waals surface area (Å²) < 4.78 is 37.3. The van der Waals surface area contributed by atoms with Gasteiger partial charge in [0.15, 0.2) is 0 Å². The van der Waals surface area contributed by atoms with Crippen LogP contribution in [-0.4, -0.2) is 62.3 Å². The molecule has 1 aromatic rings. The van der Waals surface area contributed by atoms with Crippen LogP contribution in [0.2, 0.25) is 0 Å². The fourth-order valence-electron chi connectivity index (χ4n) is 3.07. The van der Waals surface area contributed by atoms with E-state index in [2.05, 4.69) is 4.90 Å². The third-order valence-electron chi connectivity index (χ3n) is 4.41. The number of nitrogens with zero attached hydrogens (tertiary/aromatic N) is 2. The van der Waals surface area contributed by atoms with Gasteiger partial charge in [-0.3, -0.25) is 4.90 Å². The van der Waals surface area contributed by atoms with E-state index in [1.165, 1.54) is 0 Å². The van der Waals surface area contributed by atoms with Gasteiger partial charge >= 0.3 is 0 Å². The Kier molecular flexibility index (Phi) is 5.18. The molecule has 0 bridgehead atoms. The SMILES string of the molecule is O=S(=O)(CCC1CCCO1)N1CCN(Cc2ccco2)CC1. The van der Waals surface area contributed by atoms with Crippen LogP contribution in [-0.2, 0) is 21.3 Å². The maximum atomic E-state index is 12.4. The summed E-state index contributed by atoms with van der Waals surface area (Å²) in [4.78, 5) is 2.23. The Bertz CT molecular complexity index is 544. The molecule has 1 atom stereocenters. The molecule has 3 heterocycles. The van der Waals surface area contributed by atoms with Gasteiger partial charge in [-0.15, -0.1) is 0 Å². The maximum Gasteiger partial charge on any atom is 0.214 e. The monoisotopic (exact) mass is 328 g/mol. The average molecular weight is 328 g/mol. The molecule has 1 aromatic heterocycles. The lowest BCUT2D eigenvalue weighted by Gasteiger charge is -2.33. The molecule has 0 saturated carbocycles. The molecular formula is C15H24N2O4S. The summed E-state index contributed by atoms with van der Waals surface area (Å²) in [7, 11) is -3.15. The average Bonchev–Trinajstić information content (AvgIpc) is 3.19. The Morgan fingerprint density at radius 2 is 2.05 bits per heavy atom. The molecule has 3 rings (SSSR count). The standard InChI is InChI=1S/C15H24N2O4S/c18-22(19,12-5-14-3-1-10-20-14)17-8-6-16(7-9-17)13-15-4-2-11-21-15/h2,4,11,14H,1,3,5-10,12-13H2. The first-order valence-electron chi connectivity index (χ1n) is 7.98. The second-order valence-electron chi connectivity index (χ2n) is 5.99. The highest BCUT2D eigenvalue weighted by Gasteiger charge is 2.28. The Hall–Kier alpha value is -0.890. The zero-order valence-corrected chi connectivity index (χ0v) is 13.6. The molecule has 2 aliphatic rings. The van der Waals surface area contributed by atoms with Crippen LogP contribution in [0.4, 0.5) is 0 Å². The maximum absolute atomic E-state index is 12.4. The van der Waals surface area contributed by atoms with Gasteiger partial charge in [-0.25, -0.2) is 8.42 Å². The van der Waals surface area contributed by atoms with E-state index in [0.717, 1.165) is 44.8 Å². The van der Waals surface area contributed by atoms with Crippen molar-refractivity contribution in [2.24, 2.45) is 0 Å². The minimum atomic E-state index is -3.15. The number of rotatable bonds is 6. The van der Waals surface area contributed by atoms with Gasteiger partial charge in [-0.05, 0) is 31.4 Å². The van der Waals surface area contributed by atoms with Gasteiger partial charge in [0.05, 0.1) is 24.7 Å². The Morgan fingerprint density at radius 1 is 1.23 bits per heavy atom. The van der Waals surface area contributed by atoms with E-state index >= 15 is 0 Å². The molecule has 1 unspecified atom stereocenters. The van der Waals surface area contributed by atoms with Gasteiger partial charge in [-0.2, -0.15) is 4.31 Å². The van der Waals surface area contributed by atoms with E-state index in [4.69, 9.17) is 9.15 Å². The van der Waals surface area contributed by atoms with Crippen molar-refractivity contribution in [2.45, 2.75) is 31.9 Å². The molecule has 7 heteroatoms. The summed E-state index contributed by atoms with van der Waals surface area (Å²) in [5.41, 5.74) is 0. The fraction of sp³-hybridized carbons (Fsp3) is 0.733. The molecule has 2 aliphatic heterocycles. The van der Waals surface area contributed by atoms with Gasteiger partial charge in [0.25, 0.3) is 0 Å². The zero-order chi connectivity index (χ0) is 15.4. The highest BCUT2D eigenvalue weighted by atomic mass is 32.2. The van der Waals surface area contributed by atoms with Crippen LogP contribution in [0.15, 0.2) is 22.8 Å². The number of hydrogen-bond acceptors (Lipinski definition) is 5. The number of sulfonamides is 1. The summed E-state index contributed by atoms with van der Waals surface area (Å²) in [5.74, 6) is 1.13. The van der Waals surface area contributed by atoms with Crippen molar-refractivity contribution in [3.05, 3.63) is 24.2 Å². The van der Waals surface area contributed by atoms with E-state index in [0.29, 0.717) is 19.5 Å². The van der Waals surface area contributed by atoms with Gasteiger partial charge in [0.1, 0.15) is 5.76 Å². The predicted octanol–water partition coefficient (Wildman–Crippen LogP) is 1.30. The number of piperazine rings is 1. The van der Waals surface area contributed by atoms with Crippen LogP contribution in [0.25, 0.3) is 0 Å². The van der Waals surface area contributed by atoms with Crippen molar-refractivity contribution in [3.8, 4) is 0 Å². The molecule has 2 saturated heterocycles. The van der Waals surface area contributed by atoms with Gasteiger partial charge < -0.3 is 9.15 Å². The highest BCUT2D eigenvalue weighted by Crippen LogP contribution is 2.18. The normalized spacial score (nSPS) is 24.8. The van der Waals surface area contributed by atoms with E-state index in [1.807, 2.05) is 12.1 Å². The van der Waals surface area contributed by atoms with Gasteiger partial charge in [0, 0.05) is 32.8 Å². The first-order chi connectivity index (χ1) is 10.6. The predicted molar refractivity (Wildman–Crippen MR) is 82.9 cm³/mol. The third-order valence-corrected chi connectivity index (χ3v) is 6.31. The van der Waals surface area contributed by atoms with Crippen LogP contribution in [0.5, 0.6) is 0 Å². The number of hydrogen-bond donors (Lipinski definition) is 0. The van der Waals surface area contributed by atoms with E-state index < -0.39 is 10.0 Å². The highest BCUT2D eigenvalue weighted by molar-refractivity contribution is 7.89. The molecule has 0 aromatic carbocycles. The summed E-state index contributed by atoms with van der Waals surface area (Å²) >= 11 is 0. The largest absolute Gasteiger partial charge is 0.468 e. The van der Waals surface area contributed by atoms with Crippen LogP contribution in [0.3, 0.4) is 0 Å². The van der Waals surface area contributed by atoms with Crippen molar-refractivity contribution in [3.63, 3.8) is 0 Å². The van der Waals surface area contributed by atoms with Crippen molar-refractivity contribution in [1.29, 1.82) is 0 Å². The number of furan rings is 1. The molecule has 6 nitrogen and oxygen atoms in total. The molecule has 22 heavy (non-hydrogen) atoms. The van der Waals surface area contributed by atoms with E-state index in [9.17, 15) is 8.42 Å². The smallest absolute Gasteiger partial charge is 0.214 e. The topological polar surface area (TPSA) is 63.0 Å². The minimum absolute atomic E-state index is 0.134. The second-order valence-corrected chi connectivity index (χ2v) is 8.08. The van der Waals surface area contributed by atoms with Crippen LogP contribution in [0.1, 0.15) is 25.0 Å². The Balaban J connectivity index is 1.45. The van der Waals surface area contributed by atoms with Crippen molar-refractivity contribution in [2.75, 3.05) is 38.5 Å². The van der Waals surface area contributed by atoms with Gasteiger partial charge in [0.2, 0.25) is 10.0 Å². The third kappa shape index (κ3) is 4.10. The van der Waals surface area contributed by atoms with Crippen LogP contribution in [0, 0.1) is 0 Å². The fourth-order valence-corrected chi connectivity index (χ4v) is 4.61. The first-order valence-corrected chi connectivity index (χ1v) is 9.58. The molecule has 0 N–H and O–H groups in total. The lowest BCUT2D eigenvalue weighted by Crippen LogP contribution is -2.49. The summed E-state index contributed by atoms with van der Waals surface area (Å²) in [6, 6.07) is 3.83. The second kappa shape index (κ2) is 7.12. The molecular weight excluding hydrogens is 304 g/mol. The lowest BCUT2D eigenvalue weighted by atomic mass is 10.2. The summed E-state index contributed by atoms with van der Waals surface area (Å²) in [6.45, 7) is 4.15. The molecule has 0 aliphatic carbocycles. The lowest BCUT2D eigenvalue weighted by molar-refractivity contribution is 0.108. The molecule has 0 amide bonds. The quantitative estimate of drug-likeness (QED) is 0.787. The van der Waals surface area contributed by atoms with Crippen LogP contribution < -0.4 is 0 Å². The summed E-state index contributed by atoms with van der Waals surface area (Å²) in [6.07, 6.45) is 4.47. The van der Waals surface area contributed by atoms with Crippen LogP contribution >= 0.6 is 0 Å². The number of ether oxygens (including phenoxy) is 1. The molecule has 2 fully saturated rings. The first kappa shape index (κ1) is 16.0. The molecule has 0 spiro atoms. The van der Waals surface area contributed by atoms with Crippen molar-refractivity contribution >= 4 is 10.0 Å². The Labute approximate surface area is 132 Å². The molecule has 0 radical (unpaired) electrons. The van der Waals surface area contributed by atoms with Crippen molar-refractivity contribution in [1.82, 2.24) is 9.21 Å². The molecule has 124 valence electrons. The Morgan fingerprint density at radius 3 is 2.68 bits per heavy atom. The minimum Gasteiger partial charge on any atom is -0.468 e.